The molecule has 1 aromatic carbocycles. The maximum atomic E-state index is 12.8. The van der Waals surface area contributed by atoms with Gasteiger partial charge in [-0.25, -0.2) is 14.4 Å². The SMILES string of the molecule is CCNC(=NCc1ncnn1C)NCC(O)COc1ccc(F)cc1. The van der Waals surface area contributed by atoms with Crippen LogP contribution in [-0.2, 0) is 13.6 Å². The summed E-state index contributed by atoms with van der Waals surface area (Å²) < 4.78 is 19.9. The first-order valence-corrected chi connectivity index (χ1v) is 8.00. The summed E-state index contributed by atoms with van der Waals surface area (Å²) in [6.45, 7) is 3.35. The minimum Gasteiger partial charge on any atom is -0.491 e. The smallest absolute Gasteiger partial charge is 0.191 e. The Morgan fingerprint density at radius 2 is 2.12 bits per heavy atom. The first kappa shape index (κ1) is 18.7. The summed E-state index contributed by atoms with van der Waals surface area (Å²) in [5, 5.41) is 20.1. The molecule has 8 nitrogen and oxygen atoms in total. The molecule has 0 aliphatic carbocycles. The summed E-state index contributed by atoms with van der Waals surface area (Å²) in [6.07, 6.45) is 0.727. The van der Waals surface area contributed by atoms with Gasteiger partial charge in [-0.3, -0.25) is 4.68 Å². The molecule has 25 heavy (non-hydrogen) atoms. The molecule has 0 radical (unpaired) electrons. The third-order valence-corrected chi connectivity index (χ3v) is 3.29. The lowest BCUT2D eigenvalue weighted by atomic mass is 10.3. The first-order valence-electron chi connectivity index (χ1n) is 8.00. The average molecular weight is 350 g/mol. The highest BCUT2D eigenvalue weighted by atomic mass is 19.1. The zero-order valence-electron chi connectivity index (χ0n) is 14.3. The van der Waals surface area contributed by atoms with E-state index in [2.05, 4.69) is 25.7 Å². The molecule has 1 unspecified atom stereocenters. The van der Waals surface area contributed by atoms with Crippen LogP contribution >= 0.6 is 0 Å². The highest BCUT2D eigenvalue weighted by molar-refractivity contribution is 5.79. The molecular formula is C16H23FN6O2. The van der Waals surface area contributed by atoms with Gasteiger partial charge in [0.15, 0.2) is 5.96 Å². The molecule has 1 aromatic heterocycles. The number of aromatic nitrogens is 3. The van der Waals surface area contributed by atoms with Crippen molar-refractivity contribution in [3.05, 3.63) is 42.2 Å². The molecule has 9 heteroatoms. The van der Waals surface area contributed by atoms with Gasteiger partial charge in [-0.2, -0.15) is 5.10 Å². The quantitative estimate of drug-likeness (QED) is 0.472. The van der Waals surface area contributed by atoms with Crippen molar-refractivity contribution in [1.82, 2.24) is 25.4 Å². The van der Waals surface area contributed by atoms with Gasteiger partial charge in [0.25, 0.3) is 0 Å². The van der Waals surface area contributed by atoms with Crippen LogP contribution in [0, 0.1) is 5.82 Å². The number of hydrogen-bond acceptors (Lipinski definition) is 5. The van der Waals surface area contributed by atoms with Crippen molar-refractivity contribution in [3.8, 4) is 5.75 Å². The topological polar surface area (TPSA) is 96.6 Å². The Morgan fingerprint density at radius 1 is 1.36 bits per heavy atom. The number of rotatable bonds is 8. The first-order chi connectivity index (χ1) is 12.1. The average Bonchev–Trinajstić information content (AvgIpc) is 3.02. The lowest BCUT2D eigenvalue weighted by molar-refractivity contribution is 0.110. The maximum Gasteiger partial charge on any atom is 0.191 e. The van der Waals surface area contributed by atoms with Crippen molar-refractivity contribution in [2.75, 3.05) is 19.7 Å². The van der Waals surface area contributed by atoms with Crippen molar-refractivity contribution in [2.24, 2.45) is 12.0 Å². The zero-order valence-corrected chi connectivity index (χ0v) is 14.3. The number of hydrogen-bond donors (Lipinski definition) is 3. The van der Waals surface area contributed by atoms with Crippen LogP contribution in [0.4, 0.5) is 4.39 Å². The normalized spacial score (nSPS) is 12.7. The van der Waals surface area contributed by atoms with Crippen LogP contribution in [0.1, 0.15) is 12.7 Å². The largest absolute Gasteiger partial charge is 0.491 e. The summed E-state index contributed by atoms with van der Waals surface area (Å²) in [5.74, 6) is 1.47. The van der Waals surface area contributed by atoms with Gasteiger partial charge in [0.05, 0.1) is 0 Å². The molecule has 0 amide bonds. The fraction of sp³-hybridized carbons (Fsp3) is 0.438. The van der Waals surface area contributed by atoms with Gasteiger partial charge in [-0.05, 0) is 31.2 Å². The summed E-state index contributed by atoms with van der Waals surface area (Å²) >= 11 is 0. The van der Waals surface area contributed by atoms with Gasteiger partial charge in [-0.15, -0.1) is 0 Å². The molecule has 0 bridgehead atoms. The molecule has 0 spiro atoms. The van der Waals surface area contributed by atoms with E-state index in [1.807, 2.05) is 6.92 Å². The van der Waals surface area contributed by atoms with Crippen LogP contribution in [0.5, 0.6) is 5.75 Å². The number of aryl methyl sites for hydroxylation is 1. The molecule has 0 aliphatic heterocycles. The van der Waals surface area contributed by atoms with E-state index in [1.165, 1.54) is 30.6 Å². The summed E-state index contributed by atoms with van der Waals surface area (Å²) in [7, 11) is 1.80. The Kier molecular flexibility index (Phi) is 7.15. The Hall–Kier alpha value is -2.68. The van der Waals surface area contributed by atoms with Gasteiger partial charge in [0, 0.05) is 20.1 Å². The van der Waals surface area contributed by atoms with Gasteiger partial charge >= 0.3 is 0 Å². The Morgan fingerprint density at radius 3 is 2.76 bits per heavy atom. The zero-order chi connectivity index (χ0) is 18.1. The van der Waals surface area contributed by atoms with Crippen LogP contribution in [0.15, 0.2) is 35.6 Å². The predicted octanol–water partition coefficient (Wildman–Crippen LogP) is 0.449. The van der Waals surface area contributed by atoms with Crippen LogP contribution < -0.4 is 15.4 Å². The number of nitrogens with zero attached hydrogens (tertiary/aromatic N) is 4. The summed E-state index contributed by atoms with van der Waals surface area (Å²) in [4.78, 5) is 8.50. The van der Waals surface area contributed by atoms with Gasteiger partial charge in [0.1, 0.15) is 43.0 Å². The molecule has 2 aromatic rings. The van der Waals surface area contributed by atoms with Crippen LogP contribution in [-0.4, -0.2) is 51.6 Å². The molecule has 136 valence electrons. The standard InChI is InChI=1S/C16H23FN6O2/c1-3-18-16(20-9-15-21-11-22-23(15)2)19-8-13(24)10-25-14-6-4-12(17)5-7-14/h4-7,11,13,24H,3,8-10H2,1-2H3,(H2,18,19,20). The molecule has 1 atom stereocenters. The second-order valence-electron chi connectivity index (χ2n) is 5.29. The van der Waals surface area contributed by atoms with E-state index in [0.717, 1.165) is 5.82 Å². The fourth-order valence-electron chi connectivity index (χ4n) is 1.95. The lowest BCUT2D eigenvalue weighted by Gasteiger charge is -2.16. The number of aliphatic imine (C=N–C) groups is 1. The number of guanidine groups is 1. The Labute approximate surface area is 145 Å². The molecule has 0 aliphatic rings. The molecular weight excluding hydrogens is 327 g/mol. The van der Waals surface area contributed by atoms with Crippen molar-refractivity contribution in [1.29, 1.82) is 0 Å². The van der Waals surface area contributed by atoms with E-state index >= 15 is 0 Å². The van der Waals surface area contributed by atoms with Crippen molar-refractivity contribution in [3.63, 3.8) is 0 Å². The highest BCUT2D eigenvalue weighted by Crippen LogP contribution is 2.11. The van der Waals surface area contributed by atoms with E-state index < -0.39 is 6.10 Å². The summed E-state index contributed by atoms with van der Waals surface area (Å²) in [6, 6.07) is 5.65. The molecule has 3 N–H and O–H groups in total. The predicted molar refractivity (Wildman–Crippen MR) is 91.7 cm³/mol. The number of aliphatic hydroxyl groups is 1. The van der Waals surface area contributed by atoms with E-state index in [9.17, 15) is 9.50 Å². The minimum atomic E-state index is -0.747. The van der Waals surface area contributed by atoms with E-state index in [1.54, 1.807) is 11.7 Å². The van der Waals surface area contributed by atoms with E-state index in [0.29, 0.717) is 24.8 Å². The molecule has 0 fully saturated rings. The van der Waals surface area contributed by atoms with Crippen molar-refractivity contribution < 1.29 is 14.2 Å². The van der Waals surface area contributed by atoms with Crippen LogP contribution in [0.2, 0.25) is 0 Å². The molecule has 0 saturated carbocycles. The van der Waals surface area contributed by atoms with E-state index in [-0.39, 0.29) is 19.0 Å². The maximum absolute atomic E-state index is 12.8. The second-order valence-corrected chi connectivity index (χ2v) is 5.29. The Balaban J connectivity index is 1.78. The molecule has 1 heterocycles. The molecule has 2 rings (SSSR count). The van der Waals surface area contributed by atoms with Crippen molar-refractivity contribution in [2.45, 2.75) is 19.6 Å². The molecule has 0 saturated heterocycles. The van der Waals surface area contributed by atoms with Crippen molar-refractivity contribution >= 4 is 5.96 Å². The minimum absolute atomic E-state index is 0.0846. The number of benzene rings is 1. The number of aliphatic hydroxyl groups excluding tert-OH is 1. The second kappa shape index (κ2) is 9.58. The van der Waals surface area contributed by atoms with Crippen LogP contribution in [0.25, 0.3) is 0 Å². The third kappa shape index (κ3) is 6.38. The summed E-state index contributed by atoms with van der Waals surface area (Å²) in [5.41, 5.74) is 0. The van der Waals surface area contributed by atoms with Gasteiger partial charge < -0.3 is 20.5 Å². The third-order valence-electron chi connectivity index (χ3n) is 3.29. The van der Waals surface area contributed by atoms with Gasteiger partial charge in [0.2, 0.25) is 0 Å². The highest BCUT2D eigenvalue weighted by Gasteiger charge is 2.08. The monoisotopic (exact) mass is 350 g/mol. The van der Waals surface area contributed by atoms with Gasteiger partial charge in [-0.1, -0.05) is 0 Å². The number of ether oxygens (including phenoxy) is 1. The Bertz CT molecular complexity index is 674. The number of nitrogens with one attached hydrogen (secondary N) is 2. The number of halogens is 1. The lowest BCUT2D eigenvalue weighted by Crippen LogP contribution is -2.42. The fourth-order valence-corrected chi connectivity index (χ4v) is 1.95. The van der Waals surface area contributed by atoms with E-state index in [4.69, 9.17) is 4.74 Å². The van der Waals surface area contributed by atoms with Crippen LogP contribution in [0.3, 0.4) is 0 Å².